The average Bonchev–Trinajstić information content (AvgIpc) is 3.24. The zero-order valence-corrected chi connectivity index (χ0v) is 19.5. The molecule has 7 nitrogen and oxygen atoms in total. The number of benzene rings is 2. The molecule has 0 fully saturated rings. The predicted molar refractivity (Wildman–Crippen MR) is 123 cm³/mol. The van der Waals surface area contributed by atoms with Crippen LogP contribution in [0.4, 0.5) is 0 Å². The van der Waals surface area contributed by atoms with Crippen LogP contribution in [-0.4, -0.2) is 35.9 Å². The van der Waals surface area contributed by atoms with Crippen LogP contribution < -0.4 is 10.1 Å². The number of carbonyl (C=O) groups is 2. The van der Waals surface area contributed by atoms with Crippen molar-refractivity contribution in [2.75, 3.05) is 14.2 Å². The van der Waals surface area contributed by atoms with E-state index in [0.29, 0.717) is 28.2 Å². The molecular weight excluding hydrogens is 474 g/mol. The minimum Gasteiger partial charge on any atom is -0.496 e. The van der Waals surface area contributed by atoms with Gasteiger partial charge in [-0.25, -0.2) is 9.48 Å². The monoisotopic (exact) mass is 495 g/mol. The SMILES string of the molecule is COC(=O)C1=C(C)CC(=O)NC1c1cn(-c2ccc(OC)c(Br)c2)nc1-c1ccccc1. The number of ether oxygens (including phenoxy) is 2. The molecule has 0 saturated carbocycles. The van der Waals surface area contributed by atoms with Crippen LogP contribution in [0.25, 0.3) is 16.9 Å². The van der Waals surface area contributed by atoms with E-state index in [-0.39, 0.29) is 12.3 Å². The number of amides is 1. The number of carbonyl (C=O) groups excluding carboxylic acids is 2. The Morgan fingerprint density at radius 3 is 2.59 bits per heavy atom. The van der Waals surface area contributed by atoms with Crippen LogP contribution in [-0.2, 0) is 14.3 Å². The first kappa shape index (κ1) is 21.8. The third kappa shape index (κ3) is 4.05. The highest BCUT2D eigenvalue weighted by molar-refractivity contribution is 9.10. The van der Waals surface area contributed by atoms with E-state index in [9.17, 15) is 9.59 Å². The second kappa shape index (κ2) is 9.00. The van der Waals surface area contributed by atoms with E-state index in [1.807, 2.05) is 54.7 Å². The molecule has 1 aliphatic rings. The van der Waals surface area contributed by atoms with E-state index in [2.05, 4.69) is 21.2 Å². The van der Waals surface area contributed by atoms with E-state index < -0.39 is 12.0 Å². The number of hydrogen-bond donors (Lipinski definition) is 1. The van der Waals surface area contributed by atoms with Gasteiger partial charge < -0.3 is 14.8 Å². The smallest absolute Gasteiger partial charge is 0.336 e. The van der Waals surface area contributed by atoms with Crippen LogP contribution >= 0.6 is 15.9 Å². The predicted octanol–water partition coefficient (Wildman–Crippen LogP) is 4.36. The van der Waals surface area contributed by atoms with Gasteiger partial charge in [-0.1, -0.05) is 35.9 Å². The van der Waals surface area contributed by atoms with Gasteiger partial charge in [0.1, 0.15) is 5.75 Å². The molecule has 1 N–H and O–H groups in total. The number of halogens is 1. The van der Waals surface area contributed by atoms with Gasteiger partial charge in [0.15, 0.2) is 0 Å². The number of esters is 1. The lowest BCUT2D eigenvalue weighted by molar-refractivity contribution is -0.136. The Hall–Kier alpha value is -3.39. The van der Waals surface area contributed by atoms with Gasteiger partial charge in [0, 0.05) is 23.7 Å². The van der Waals surface area contributed by atoms with Crippen molar-refractivity contribution in [3.63, 3.8) is 0 Å². The Morgan fingerprint density at radius 1 is 1.19 bits per heavy atom. The summed E-state index contributed by atoms with van der Waals surface area (Å²) < 4.78 is 12.9. The summed E-state index contributed by atoms with van der Waals surface area (Å²) in [4.78, 5) is 25.0. The first-order chi connectivity index (χ1) is 15.4. The lowest BCUT2D eigenvalue weighted by Gasteiger charge is -2.27. The fraction of sp³-hybridized carbons (Fsp3) is 0.208. The van der Waals surface area contributed by atoms with Crippen molar-refractivity contribution in [1.82, 2.24) is 15.1 Å². The fourth-order valence-corrected chi connectivity index (χ4v) is 4.38. The van der Waals surface area contributed by atoms with Gasteiger partial charge in [-0.2, -0.15) is 5.10 Å². The van der Waals surface area contributed by atoms with E-state index >= 15 is 0 Å². The lowest BCUT2D eigenvalue weighted by atomic mass is 9.89. The molecule has 1 atom stereocenters. The fourth-order valence-electron chi connectivity index (χ4n) is 3.85. The summed E-state index contributed by atoms with van der Waals surface area (Å²) >= 11 is 3.51. The van der Waals surface area contributed by atoms with Gasteiger partial charge in [-0.3, -0.25) is 4.79 Å². The summed E-state index contributed by atoms with van der Waals surface area (Å²) in [6.45, 7) is 1.78. The van der Waals surface area contributed by atoms with Crippen molar-refractivity contribution in [3.05, 3.63) is 75.9 Å². The highest BCUT2D eigenvalue weighted by Gasteiger charge is 2.34. The van der Waals surface area contributed by atoms with Crippen LogP contribution in [0.1, 0.15) is 24.9 Å². The maximum Gasteiger partial charge on any atom is 0.336 e. The molecule has 0 bridgehead atoms. The molecular formula is C24H22BrN3O4. The highest BCUT2D eigenvalue weighted by atomic mass is 79.9. The highest BCUT2D eigenvalue weighted by Crippen LogP contribution is 2.37. The van der Waals surface area contributed by atoms with E-state index in [1.54, 1.807) is 18.7 Å². The van der Waals surface area contributed by atoms with E-state index in [4.69, 9.17) is 14.6 Å². The third-order valence-corrected chi connectivity index (χ3v) is 6.01. The Kier molecular flexibility index (Phi) is 6.14. The summed E-state index contributed by atoms with van der Waals surface area (Å²) in [5, 5.41) is 7.77. The normalized spacial score (nSPS) is 16.0. The molecule has 8 heteroatoms. The van der Waals surface area contributed by atoms with Crippen LogP contribution in [0, 0.1) is 0 Å². The minimum absolute atomic E-state index is 0.154. The second-order valence-corrected chi connectivity index (χ2v) is 8.28. The van der Waals surface area contributed by atoms with Crippen molar-refractivity contribution < 1.29 is 19.1 Å². The number of hydrogen-bond acceptors (Lipinski definition) is 5. The van der Waals surface area contributed by atoms with Gasteiger partial charge in [0.2, 0.25) is 5.91 Å². The zero-order chi connectivity index (χ0) is 22.8. The maximum absolute atomic E-state index is 12.6. The lowest BCUT2D eigenvalue weighted by Crippen LogP contribution is -2.37. The van der Waals surface area contributed by atoms with Crippen molar-refractivity contribution in [2.24, 2.45) is 0 Å². The number of methoxy groups -OCH3 is 2. The van der Waals surface area contributed by atoms with Gasteiger partial charge in [0.25, 0.3) is 0 Å². The van der Waals surface area contributed by atoms with Gasteiger partial charge in [-0.15, -0.1) is 0 Å². The molecule has 1 amide bonds. The van der Waals surface area contributed by atoms with Gasteiger partial charge >= 0.3 is 5.97 Å². The Morgan fingerprint density at radius 2 is 1.94 bits per heavy atom. The van der Waals surface area contributed by atoms with Crippen LogP contribution in [0.5, 0.6) is 5.75 Å². The second-order valence-electron chi connectivity index (χ2n) is 7.43. The molecule has 32 heavy (non-hydrogen) atoms. The first-order valence-corrected chi connectivity index (χ1v) is 10.8. The van der Waals surface area contributed by atoms with Crippen molar-refractivity contribution in [3.8, 4) is 22.7 Å². The van der Waals surface area contributed by atoms with Gasteiger partial charge in [-0.05, 0) is 41.1 Å². The maximum atomic E-state index is 12.6. The summed E-state index contributed by atoms with van der Waals surface area (Å²) in [5.74, 6) is 0.0843. The molecule has 3 aromatic rings. The van der Waals surface area contributed by atoms with E-state index in [0.717, 1.165) is 15.7 Å². The molecule has 0 radical (unpaired) electrons. The summed E-state index contributed by atoms with van der Waals surface area (Å²) in [7, 11) is 2.95. The Balaban J connectivity index is 1.91. The van der Waals surface area contributed by atoms with Crippen LogP contribution in [0.15, 0.2) is 70.3 Å². The van der Waals surface area contributed by atoms with E-state index in [1.165, 1.54) is 7.11 Å². The molecule has 2 aromatic carbocycles. The number of rotatable bonds is 5. The van der Waals surface area contributed by atoms with Crippen molar-refractivity contribution in [2.45, 2.75) is 19.4 Å². The van der Waals surface area contributed by atoms with Gasteiger partial charge in [0.05, 0.1) is 41.7 Å². The topological polar surface area (TPSA) is 82.5 Å². The zero-order valence-electron chi connectivity index (χ0n) is 17.9. The molecule has 2 heterocycles. The summed E-state index contributed by atoms with van der Waals surface area (Å²) in [5.41, 5.74) is 4.15. The van der Waals surface area contributed by atoms with Crippen LogP contribution in [0.2, 0.25) is 0 Å². The molecule has 1 aromatic heterocycles. The molecule has 4 rings (SSSR count). The Labute approximate surface area is 194 Å². The first-order valence-electron chi connectivity index (χ1n) is 9.99. The molecule has 164 valence electrons. The van der Waals surface area contributed by atoms with Crippen molar-refractivity contribution in [1.29, 1.82) is 0 Å². The Bertz CT molecular complexity index is 1220. The standard InChI is InChI=1S/C24H22BrN3O4/c1-14-11-20(29)26-23(21(14)24(30)32-3)17-13-28(16-9-10-19(31-2)18(25)12-16)27-22(17)15-7-5-4-6-8-15/h4-10,12-13,23H,11H2,1-3H3,(H,26,29). The summed E-state index contributed by atoms with van der Waals surface area (Å²) in [6, 6.07) is 14.6. The summed E-state index contributed by atoms with van der Waals surface area (Å²) in [6.07, 6.45) is 1.99. The number of nitrogens with zero attached hydrogens (tertiary/aromatic N) is 2. The quantitative estimate of drug-likeness (QED) is 0.531. The largest absolute Gasteiger partial charge is 0.496 e. The third-order valence-electron chi connectivity index (χ3n) is 5.39. The molecule has 0 saturated heterocycles. The molecule has 0 spiro atoms. The molecule has 1 unspecified atom stereocenters. The molecule has 1 aliphatic heterocycles. The number of aromatic nitrogens is 2. The molecule has 0 aliphatic carbocycles. The minimum atomic E-state index is -0.672. The van der Waals surface area contributed by atoms with Crippen LogP contribution in [0.3, 0.4) is 0 Å². The average molecular weight is 496 g/mol. The number of nitrogens with one attached hydrogen (secondary N) is 1. The van der Waals surface area contributed by atoms with Crippen molar-refractivity contribution >= 4 is 27.8 Å².